The van der Waals surface area contributed by atoms with Crippen LogP contribution in [0.25, 0.3) is 11.1 Å². The van der Waals surface area contributed by atoms with Gasteiger partial charge in [0.05, 0.1) is 11.7 Å². The maximum absolute atomic E-state index is 13.6. The van der Waals surface area contributed by atoms with Crippen LogP contribution >= 0.6 is 0 Å². The number of amides is 3. The van der Waals surface area contributed by atoms with Gasteiger partial charge in [0.1, 0.15) is 18.7 Å². The molecular weight excluding hydrogens is 532 g/mol. The number of urea groups is 1. The van der Waals surface area contributed by atoms with Crippen LogP contribution in [0.4, 0.5) is 10.5 Å². The molecule has 10 nitrogen and oxygen atoms in total. The van der Waals surface area contributed by atoms with Gasteiger partial charge in [0.15, 0.2) is 0 Å². The second-order valence-corrected chi connectivity index (χ2v) is 11.3. The maximum atomic E-state index is 13.6. The molecule has 10 heteroatoms. The molecule has 0 fully saturated rings. The molecule has 3 aromatic rings. The molecule has 0 aliphatic carbocycles. The van der Waals surface area contributed by atoms with Crippen LogP contribution in [0, 0.1) is 5.92 Å². The highest BCUT2D eigenvalue weighted by Gasteiger charge is 2.28. The molecule has 42 heavy (non-hydrogen) atoms. The van der Waals surface area contributed by atoms with E-state index in [0.717, 1.165) is 24.2 Å². The Hall–Kier alpha value is -4.02. The van der Waals surface area contributed by atoms with E-state index in [0.29, 0.717) is 30.2 Å². The lowest BCUT2D eigenvalue weighted by Crippen LogP contribution is -2.46. The molecule has 0 saturated heterocycles. The van der Waals surface area contributed by atoms with Crippen molar-refractivity contribution in [3.8, 4) is 16.9 Å². The van der Waals surface area contributed by atoms with Gasteiger partial charge in [-0.15, -0.1) is 0 Å². The zero-order valence-electron chi connectivity index (χ0n) is 25.3. The number of hydrogen-bond acceptors (Lipinski definition) is 7. The van der Waals surface area contributed by atoms with Crippen LogP contribution in [-0.2, 0) is 11.3 Å². The van der Waals surface area contributed by atoms with E-state index >= 15 is 0 Å². The van der Waals surface area contributed by atoms with Gasteiger partial charge in [0, 0.05) is 69.5 Å². The van der Waals surface area contributed by atoms with E-state index in [2.05, 4.69) is 63.6 Å². The Kier molecular flexibility index (Phi) is 10.5. The van der Waals surface area contributed by atoms with Crippen molar-refractivity contribution in [1.82, 2.24) is 25.1 Å². The topological polar surface area (TPSA) is 109 Å². The largest absolute Gasteiger partial charge is 0.491 e. The summed E-state index contributed by atoms with van der Waals surface area (Å²) < 4.78 is 12.2. The van der Waals surface area contributed by atoms with E-state index < -0.39 is 0 Å². The molecule has 2 N–H and O–H groups in total. The molecule has 0 bridgehead atoms. The number of carbonyl (C=O) groups excluding carboxylic acids is 2. The molecule has 1 aliphatic rings. The van der Waals surface area contributed by atoms with Gasteiger partial charge in [0.2, 0.25) is 0 Å². The van der Waals surface area contributed by atoms with E-state index in [1.807, 2.05) is 26.2 Å². The lowest BCUT2D eigenvalue weighted by atomic mass is 10.0. The molecule has 3 atom stereocenters. The summed E-state index contributed by atoms with van der Waals surface area (Å²) in [6, 6.07) is 13.3. The number of benzene rings is 2. The number of ether oxygens (including phenoxy) is 2. The smallest absolute Gasteiger partial charge is 0.319 e. The van der Waals surface area contributed by atoms with Gasteiger partial charge in [0.25, 0.3) is 5.91 Å². The van der Waals surface area contributed by atoms with Crippen LogP contribution in [0.2, 0.25) is 0 Å². The lowest BCUT2D eigenvalue weighted by molar-refractivity contribution is 0.00922. The number of fused-ring (bicyclic) bond motifs is 1. The van der Waals surface area contributed by atoms with Crippen LogP contribution in [0.3, 0.4) is 0 Å². The minimum atomic E-state index is -0.331. The van der Waals surface area contributed by atoms with E-state index in [1.165, 1.54) is 11.9 Å². The summed E-state index contributed by atoms with van der Waals surface area (Å²) in [7, 11) is 3.46. The van der Waals surface area contributed by atoms with Crippen molar-refractivity contribution in [2.45, 2.75) is 52.4 Å². The molecule has 0 saturated carbocycles. The van der Waals surface area contributed by atoms with Gasteiger partial charge in [-0.2, -0.15) is 0 Å². The van der Waals surface area contributed by atoms with Crippen LogP contribution in [0.5, 0.6) is 5.75 Å². The van der Waals surface area contributed by atoms with E-state index in [-0.39, 0.29) is 36.0 Å². The number of likely N-dealkylation sites (N-methyl/N-ethyl adjacent to an activating group) is 1. The molecule has 3 amide bonds. The maximum Gasteiger partial charge on any atom is 0.319 e. The first kappa shape index (κ1) is 30.9. The summed E-state index contributed by atoms with van der Waals surface area (Å²) >= 11 is 0. The highest BCUT2D eigenvalue weighted by molar-refractivity contribution is 5.99. The van der Waals surface area contributed by atoms with Gasteiger partial charge in [-0.25, -0.2) is 14.8 Å². The van der Waals surface area contributed by atoms with E-state index in [4.69, 9.17) is 9.47 Å². The minimum absolute atomic E-state index is 0.0146. The van der Waals surface area contributed by atoms with Crippen LogP contribution in [0.1, 0.15) is 43.6 Å². The van der Waals surface area contributed by atoms with Gasteiger partial charge in [-0.1, -0.05) is 31.2 Å². The molecule has 1 aliphatic heterocycles. The average molecular weight is 575 g/mol. The van der Waals surface area contributed by atoms with Gasteiger partial charge in [-0.3, -0.25) is 9.69 Å². The number of aromatic nitrogens is 2. The van der Waals surface area contributed by atoms with Crippen molar-refractivity contribution in [3.05, 3.63) is 72.3 Å². The first-order valence-corrected chi connectivity index (χ1v) is 14.4. The van der Waals surface area contributed by atoms with Gasteiger partial charge in [-0.05, 0) is 56.0 Å². The van der Waals surface area contributed by atoms with Crippen molar-refractivity contribution in [3.63, 3.8) is 0 Å². The van der Waals surface area contributed by atoms with Crippen molar-refractivity contribution >= 4 is 17.6 Å². The highest BCUT2D eigenvalue weighted by Crippen LogP contribution is 2.27. The predicted octanol–water partition coefficient (Wildman–Crippen LogP) is 4.68. The second-order valence-electron chi connectivity index (χ2n) is 11.3. The lowest BCUT2D eigenvalue weighted by Gasteiger charge is -2.36. The molecule has 0 spiro atoms. The summed E-state index contributed by atoms with van der Waals surface area (Å²) in [4.78, 5) is 38.2. The van der Waals surface area contributed by atoms with Crippen molar-refractivity contribution in [2.24, 2.45) is 5.92 Å². The molecular formula is C32H42N6O4. The van der Waals surface area contributed by atoms with Gasteiger partial charge >= 0.3 is 6.03 Å². The molecule has 2 heterocycles. The Bertz CT molecular complexity index is 1330. The molecule has 0 unspecified atom stereocenters. The Balaban J connectivity index is 1.58. The second kappa shape index (κ2) is 14.2. The summed E-state index contributed by atoms with van der Waals surface area (Å²) in [6.07, 6.45) is 4.98. The normalized spacial score (nSPS) is 20.2. The van der Waals surface area contributed by atoms with Crippen LogP contribution in [0.15, 0.2) is 61.2 Å². The third kappa shape index (κ3) is 8.04. The SMILES string of the molecule is CO[C@H]1CN(C)C(=O)c2cc(NC(=O)NC(C)C)ccc2OC[C@H](C)N(Cc2ccc(-c3cncnc3)cc2)C[C@@H]1C. The summed E-state index contributed by atoms with van der Waals surface area (Å²) in [5.41, 5.74) is 4.13. The molecule has 1 aromatic heterocycles. The number of hydrogen-bond donors (Lipinski definition) is 2. The van der Waals surface area contributed by atoms with Gasteiger partial charge < -0.3 is 25.0 Å². The first-order valence-electron chi connectivity index (χ1n) is 14.4. The number of nitrogens with one attached hydrogen (secondary N) is 2. The third-order valence-electron chi connectivity index (χ3n) is 7.48. The van der Waals surface area contributed by atoms with Crippen molar-refractivity contribution in [2.75, 3.05) is 39.2 Å². The monoisotopic (exact) mass is 574 g/mol. The molecule has 2 aromatic carbocycles. The van der Waals surface area contributed by atoms with E-state index in [9.17, 15) is 9.59 Å². The van der Waals surface area contributed by atoms with Crippen LogP contribution < -0.4 is 15.4 Å². The number of rotatable bonds is 6. The average Bonchev–Trinajstić information content (AvgIpc) is 2.98. The number of anilines is 1. The minimum Gasteiger partial charge on any atom is -0.491 e. The number of carbonyl (C=O) groups is 2. The molecule has 224 valence electrons. The van der Waals surface area contributed by atoms with E-state index in [1.54, 1.807) is 37.3 Å². The zero-order valence-corrected chi connectivity index (χ0v) is 25.3. The summed E-state index contributed by atoms with van der Waals surface area (Å²) in [6.45, 7) is 10.4. The quantitative estimate of drug-likeness (QED) is 0.440. The fourth-order valence-electron chi connectivity index (χ4n) is 5.06. The van der Waals surface area contributed by atoms with Crippen molar-refractivity contribution < 1.29 is 19.1 Å². The fraction of sp³-hybridized carbons (Fsp3) is 0.438. The highest BCUT2D eigenvalue weighted by atomic mass is 16.5. The number of methoxy groups -OCH3 is 1. The predicted molar refractivity (Wildman–Crippen MR) is 163 cm³/mol. The Morgan fingerprint density at radius 2 is 1.79 bits per heavy atom. The van der Waals surface area contributed by atoms with Crippen LogP contribution in [-0.4, -0.2) is 83.7 Å². The fourth-order valence-corrected chi connectivity index (χ4v) is 5.06. The third-order valence-corrected chi connectivity index (χ3v) is 7.48. The Labute approximate surface area is 248 Å². The standard InChI is InChI=1S/C32H42N6O4/c1-21(2)35-32(40)36-27-11-12-29-28(13-27)31(39)37(5)18-30(41-6)22(3)16-38(23(4)19-42-29)17-24-7-9-25(10-8-24)26-14-33-20-34-15-26/h7-15,20-23,30H,16-19H2,1-6H3,(H2,35,36,40)/t22-,23-,30-/m0/s1. The summed E-state index contributed by atoms with van der Waals surface area (Å²) in [5.74, 6) is 0.423. The number of nitrogens with zero attached hydrogens (tertiary/aromatic N) is 4. The first-order chi connectivity index (χ1) is 20.1. The Morgan fingerprint density at radius 3 is 2.45 bits per heavy atom. The Morgan fingerprint density at radius 1 is 1.07 bits per heavy atom. The summed E-state index contributed by atoms with van der Waals surface area (Å²) in [5, 5.41) is 5.62. The molecule has 4 rings (SSSR count). The zero-order chi connectivity index (χ0) is 30.2. The van der Waals surface area contributed by atoms with Crippen molar-refractivity contribution in [1.29, 1.82) is 0 Å². The molecule has 0 radical (unpaired) electrons.